The third-order valence-corrected chi connectivity index (χ3v) is 3.10. The summed E-state index contributed by atoms with van der Waals surface area (Å²) in [6, 6.07) is 0. The van der Waals surface area contributed by atoms with E-state index in [1.54, 1.807) is 4.98 Å². The van der Waals surface area contributed by atoms with Crippen molar-refractivity contribution in [2.45, 2.75) is 36.0 Å². The number of hydrogen-bond acceptors (Lipinski definition) is 3. The van der Waals surface area contributed by atoms with Crippen molar-refractivity contribution in [3.05, 3.63) is 17.3 Å². The maximum atomic E-state index is 13.7. The maximum Gasteiger partial charge on any atom is 0.437 e. The van der Waals surface area contributed by atoms with Crippen LogP contribution in [0, 0.1) is 5.95 Å². The molecule has 0 unspecified atom stereocenters. The maximum absolute atomic E-state index is 13.7. The Morgan fingerprint density at radius 3 is 1.07 bits per heavy atom. The second-order valence-electron chi connectivity index (χ2n) is 4.90. The Hall–Kier alpha value is -2.17. The summed E-state index contributed by atoms with van der Waals surface area (Å²) in [5, 5.41) is 0. The average Bonchev–Trinajstić information content (AvgIpc) is 2.42. The zero-order valence-corrected chi connectivity index (χ0v) is 12.1. The Kier molecular flexibility index (Phi) is 5.25. The van der Waals surface area contributed by atoms with Crippen LogP contribution in [-0.4, -0.2) is 34.7 Å². The minimum Gasteiger partial charge on any atom is -0.382 e. The fourth-order valence-electron chi connectivity index (χ4n) is 1.76. The minimum atomic E-state index is -7.06. The molecule has 0 amide bonds. The third-order valence-electron chi connectivity index (χ3n) is 3.10. The first-order chi connectivity index (χ1) is 12.0. The lowest BCUT2D eigenvalue weighted by Crippen LogP contribution is -2.53. The van der Waals surface area contributed by atoms with E-state index < -0.39 is 59.2 Å². The number of nitrogen functional groups attached to an aromatic ring is 1. The van der Waals surface area contributed by atoms with E-state index in [1.807, 2.05) is 0 Å². The Morgan fingerprint density at radius 2 is 0.786 bits per heavy atom. The van der Waals surface area contributed by atoms with Crippen LogP contribution < -0.4 is 5.73 Å². The van der Waals surface area contributed by atoms with Gasteiger partial charge in [-0.3, -0.25) is 0 Å². The first-order valence-corrected chi connectivity index (χ1v) is 6.02. The molecule has 1 aromatic heterocycles. The van der Waals surface area contributed by atoms with Crippen molar-refractivity contribution in [2.24, 2.45) is 0 Å². The number of alkyl halides is 14. The van der Waals surface area contributed by atoms with Crippen molar-refractivity contribution in [1.29, 1.82) is 0 Å². The summed E-state index contributed by atoms with van der Waals surface area (Å²) in [5.41, 5.74) is -15.7. The van der Waals surface area contributed by atoms with Crippen molar-refractivity contribution < 1.29 is 65.9 Å². The lowest BCUT2D eigenvalue weighted by molar-refractivity contribution is -0.353. The molecule has 0 fully saturated rings. The number of halogens is 15. The van der Waals surface area contributed by atoms with Crippen LogP contribution in [0.3, 0.4) is 0 Å². The van der Waals surface area contributed by atoms with E-state index >= 15 is 0 Å². The van der Waals surface area contributed by atoms with Gasteiger partial charge in [-0.1, -0.05) is 0 Å². The van der Waals surface area contributed by atoms with Gasteiger partial charge in [0.15, 0.2) is 5.69 Å². The highest BCUT2D eigenvalue weighted by molar-refractivity contribution is 5.42. The van der Waals surface area contributed by atoms with Gasteiger partial charge in [-0.05, 0) is 0 Å². The largest absolute Gasteiger partial charge is 0.437 e. The van der Waals surface area contributed by atoms with E-state index in [0.29, 0.717) is 0 Å². The molecule has 0 radical (unpaired) electrons. The molecule has 3 nitrogen and oxygen atoms in total. The highest BCUT2D eigenvalue weighted by Gasteiger charge is 2.78. The van der Waals surface area contributed by atoms with Gasteiger partial charge in [0.2, 0.25) is 5.95 Å². The summed E-state index contributed by atoms with van der Waals surface area (Å²) in [4.78, 5) is 3.12. The van der Waals surface area contributed by atoms with Gasteiger partial charge in [-0.15, -0.1) is 0 Å². The molecule has 0 saturated heterocycles. The Labute approximate surface area is 142 Å². The van der Waals surface area contributed by atoms with Crippen LogP contribution in [0.25, 0.3) is 0 Å². The van der Waals surface area contributed by atoms with Crippen LogP contribution in [0.4, 0.5) is 71.7 Å². The van der Waals surface area contributed by atoms with Gasteiger partial charge in [-0.25, -0.2) is 18.7 Å². The van der Waals surface area contributed by atoms with Gasteiger partial charge in [0, 0.05) is 0 Å². The van der Waals surface area contributed by atoms with Crippen LogP contribution in [0.1, 0.15) is 11.4 Å². The first-order valence-electron chi connectivity index (χ1n) is 6.02. The zero-order chi connectivity index (χ0) is 22.7. The molecular formula is C10H2F15N3. The van der Waals surface area contributed by atoms with Crippen molar-refractivity contribution in [1.82, 2.24) is 9.97 Å². The Morgan fingerprint density at radius 1 is 0.500 bits per heavy atom. The predicted octanol–water partition coefficient (Wildman–Crippen LogP) is 4.78. The van der Waals surface area contributed by atoms with Gasteiger partial charge >= 0.3 is 36.0 Å². The molecule has 0 spiro atoms. The van der Waals surface area contributed by atoms with Crippen molar-refractivity contribution in [3.8, 4) is 0 Å². The fourth-order valence-corrected chi connectivity index (χ4v) is 1.76. The predicted molar refractivity (Wildman–Crippen MR) is 56.2 cm³/mol. The Bertz CT molecular complexity index is 649. The monoisotopic (exact) mass is 449 g/mol. The smallest absolute Gasteiger partial charge is 0.382 e. The summed E-state index contributed by atoms with van der Waals surface area (Å²) in [6.45, 7) is 0. The number of rotatable bonds is 2. The fraction of sp³-hybridized carbons (Fsp3) is 0.600. The van der Waals surface area contributed by atoms with E-state index in [9.17, 15) is 65.9 Å². The first kappa shape index (κ1) is 23.9. The number of nitrogens with two attached hydrogens (primary N) is 1. The van der Waals surface area contributed by atoms with Gasteiger partial charge in [0.25, 0.3) is 0 Å². The normalized spacial score (nSPS) is 15.1. The van der Waals surface area contributed by atoms with Crippen LogP contribution in [0.2, 0.25) is 0 Å². The number of anilines is 1. The molecule has 162 valence electrons. The van der Waals surface area contributed by atoms with Gasteiger partial charge in [0.1, 0.15) is 11.5 Å². The van der Waals surface area contributed by atoms with E-state index in [-0.39, 0.29) is 0 Å². The van der Waals surface area contributed by atoms with Gasteiger partial charge < -0.3 is 5.73 Å². The molecule has 1 heterocycles. The minimum absolute atomic E-state index is 1.46. The average molecular weight is 449 g/mol. The molecule has 0 aliphatic heterocycles. The van der Waals surface area contributed by atoms with Crippen LogP contribution >= 0.6 is 0 Å². The molecule has 18 heteroatoms. The van der Waals surface area contributed by atoms with Crippen molar-refractivity contribution >= 4 is 5.82 Å². The van der Waals surface area contributed by atoms with E-state index in [1.165, 1.54) is 4.98 Å². The number of nitrogens with zero attached hydrogens (tertiary/aromatic N) is 2. The highest BCUT2D eigenvalue weighted by atomic mass is 19.4. The SMILES string of the molecule is Nc1nc(C(F)(C(F)(F)F)C(F)(F)F)c(F)nc1C(F)(C(F)(F)F)C(F)(F)F. The summed E-state index contributed by atoms with van der Waals surface area (Å²) in [7, 11) is 0. The summed E-state index contributed by atoms with van der Waals surface area (Å²) in [6.07, 6.45) is -28.1. The zero-order valence-electron chi connectivity index (χ0n) is 12.1. The lowest BCUT2D eigenvalue weighted by Gasteiger charge is -2.32. The van der Waals surface area contributed by atoms with E-state index in [4.69, 9.17) is 0 Å². The second-order valence-corrected chi connectivity index (χ2v) is 4.90. The molecular weight excluding hydrogens is 447 g/mol. The molecule has 0 aliphatic carbocycles. The van der Waals surface area contributed by atoms with Crippen LogP contribution in [0.5, 0.6) is 0 Å². The van der Waals surface area contributed by atoms with Gasteiger partial charge in [0.05, 0.1) is 0 Å². The number of aromatic nitrogens is 2. The van der Waals surface area contributed by atoms with E-state index in [2.05, 4.69) is 5.73 Å². The topological polar surface area (TPSA) is 51.8 Å². The van der Waals surface area contributed by atoms with Crippen molar-refractivity contribution in [3.63, 3.8) is 0 Å². The van der Waals surface area contributed by atoms with E-state index in [0.717, 1.165) is 0 Å². The number of hydrogen-bond donors (Lipinski definition) is 1. The molecule has 0 bridgehead atoms. The molecule has 0 saturated carbocycles. The molecule has 0 atom stereocenters. The molecule has 0 aliphatic rings. The summed E-state index contributed by atoms with van der Waals surface area (Å²) in [5.74, 6) is -6.28. The molecule has 1 rings (SSSR count). The summed E-state index contributed by atoms with van der Waals surface area (Å²) < 4.78 is 191. The molecule has 0 aromatic carbocycles. The van der Waals surface area contributed by atoms with Crippen LogP contribution in [0.15, 0.2) is 0 Å². The van der Waals surface area contributed by atoms with Crippen molar-refractivity contribution in [2.75, 3.05) is 5.73 Å². The molecule has 1 aromatic rings. The lowest BCUT2D eigenvalue weighted by atomic mass is 9.97. The summed E-state index contributed by atoms with van der Waals surface area (Å²) >= 11 is 0. The standard InChI is InChI=1S/C10H2F15N3/c11-3-1(5(12,7(14,15)16)8(17,18)19)28-4(26)2(27-3)6(13,9(20,21)22)10(23,24)25/h(H2,26,28). The molecule has 28 heavy (non-hydrogen) atoms. The quantitative estimate of drug-likeness (QED) is 0.662. The molecule has 2 N–H and O–H groups in total. The van der Waals surface area contributed by atoms with Crippen LogP contribution in [-0.2, 0) is 11.3 Å². The second kappa shape index (κ2) is 6.16. The van der Waals surface area contributed by atoms with Gasteiger partial charge in [-0.2, -0.15) is 57.1 Å². The third kappa shape index (κ3) is 3.25. The highest BCUT2D eigenvalue weighted by Crippen LogP contribution is 2.56. The Balaban J connectivity index is 3.94.